The molecule has 1 heterocycles. The molecule has 0 radical (unpaired) electrons. The van der Waals surface area contributed by atoms with E-state index in [1.165, 1.54) is 0 Å². The molecular weight excluding hydrogens is 272 g/mol. The summed E-state index contributed by atoms with van der Waals surface area (Å²) in [6.07, 6.45) is 0.777. The lowest BCUT2D eigenvalue weighted by atomic mass is 10.2. The van der Waals surface area contributed by atoms with Crippen LogP contribution in [-0.2, 0) is 4.74 Å². The molecule has 0 saturated heterocycles. The number of hydrogen-bond donors (Lipinski definition) is 2. The van der Waals surface area contributed by atoms with Gasteiger partial charge in [0.1, 0.15) is 17.2 Å². The van der Waals surface area contributed by atoms with Crippen LogP contribution in [0.4, 0.5) is 0 Å². The van der Waals surface area contributed by atoms with Gasteiger partial charge >= 0.3 is 0 Å². The van der Waals surface area contributed by atoms with E-state index >= 15 is 0 Å². The lowest BCUT2D eigenvalue weighted by molar-refractivity contribution is 0.0944. The fourth-order valence-corrected chi connectivity index (χ4v) is 2.10. The average molecular weight is 292 g/mol. The highest BCUT2D eigenvalue weighted by molar-refractivity contribution is 5.99. The molecular formula is C15H20N2O4. The van der Waals surface area contributed by atoms with E-state index in [4.69, 9.17) is 14.2 Å². The van der Waals surface area contributed by atoms with Crippen LogP contribution in [0.25, 0.3) is 10.9 Å². The lowest BCUT2D eigenvalue weighted by Gasteiger charge is -2.05. The van der Waals surface area contributed by atoms with Gasteiger partial charge < -0.3 is 24.5 Å². The van der Waals surface area contributed by atoms with Gasteiger partial charge in [0.05, 0.1) is 19.7 Å². The molecule has 1 amide bonds. The highest BCUT2D eigenvalue weighted by atomic mass is 16.5. The van der Waals surface area contributed by atoms with Crippen LogP contribution in [0.5, 0.6) is 11.5 Å². The normalized spacial score (nSPS) is 10.6. The number of benzene rings is 1. The van der Waals surface area contributed by atoms with Crippen molar-refractivity contribution in [2.24, 2.45) is 0 Å². The Balaban J connectivity index is 2.19. The molecule has 0 atom stereocenters. The molecule has 0 aliphatic carbocycles. The largest absolute Gasteiger partial charge is 0.497 e. The van der Waals surface area contributed by atoms with Crippen molar-refractivity contribution >= 4 is 16.8 Å². The van der Waals surface area contributed by atoms with Crippen LogP contribution in [0, 0.1) is 0 Å². The molecule has 6 heteroatoms. The molecule has 2 rings (SSSR count). The Morgan fingerprint density at radius 1 is 1.19 bits per heavy atom. The van der Waals surface area contributed by atoms with Crippen molar-refractivity contribution in [2.45, 2.75) is 6.42 Å². The number of carbonyl (C=O) groups is 1. The minimum absolute atomic E-state index is 0.150. The maximum absolute atomic E-state index is 12.1. The summed E-state index contributed by atoms with van der Waals surface area (Å²) < 4.78 is 15.5. The van der Waals surface area contributed by atoms with Crippen molar-refractivity contribution in [2.75, 3.05) is 34.5 Å². The monoisotopic (exact) mass is 292 g/mol. The molecule has 1 aromatic carbocycles. The van der Waals surface area contributed by atoms with Gasteiger partial charge in [0.15, 0.2) is 0 Å². The van der Waals surface area contributed by atoms with Crippen LogP contribution in [-0.4, -0.2) is 45.4 Å². The topological polar surface area (TPSA) is 72.6 Å². The lowest BCUT2D eigenvalue weighted by Crippen LogP contribution is -2.25. The first-order valence-electron chi connectivity index (χ1n) is 6.71. The van der Waals surface area contributed by atoms with E-state index in [0.717, 1.165) is 17.3 Å². The number of carbonyl (C=O) groups excluding carboxylic acids is 1. The number of aromatic nitrogens is 1. The molecule has 0 fully saturated rings. The number of ether oxygens (including phenoxy) is 3. The quantitative estimate of drug-likeness (QED) is 0.765. The van der Waals surface area contributed by atoms with Crippen LogP contribution < -0.4 is 14.8 Å². The molecule has 6 nitrogen and oxygen atoms in total. The van der Waals surface area contributed by atoms with Crippen molar-refractivity contribution in [3.8, 4) is 11.5 Å². The van der Waals surface area contributed by atoms with Crippen LogP contribution >= 0.6 is 0 Å². The van der Waals surface area contributed by atoms with E-state index in [2.05, 4.69) is 10.3 Å². The summed E-state index contributed by atoms with van der Waals surface area (Å²) in [5.74, 6) is 1.18. The summed E-state index contributed by atoms with van der Waals surface area (Å²) in [6, 6.07) is 5.42. The Morgan fingerprint density at radius 3 is 2.67 bits per heavy atom. The highest BCUT2D eigenvalue weighted by Crippen LogP contribution is 2.31. The molecule has 0 aliphatic rings. The Kier molecular flexibility index (Phi) is 5.05. The Bertz CT molecular complexity index is 621. The molecule has 0 saturated carbocycles. The number of nitrogens with one attached hydrogen (secondary N) is 2. The van der Waals surface area contributed by atoms with Gasteiger partial charge in [-0.2, -0.15) is 0 Å². The maximum Gasteiger partial charge on any atom is 0.267 e. The zero-order chi connectivity index (χ0) is 15.2. The molecule has 0 unspecified atom stereocenters. The molecule has 0 spiro atoms. The number of H-pyrrole nitrogens is 1. The number of aromatic amines is 1. The predicted molar refractivity (Wildman–Crippen MR) is 80.2 cm³/mol. The minimum Gasteiger partial charge on any atom is -0.497 e. The zero-order valence-corrected chi connectivity index (χ0v) is 12.5. The maximum atomic E-state index is 12.1. The zero-order valence-electron chi connectivity index (χ0n) is 12.5. The number of hydrogen-bond acceptors (Lipinski definition) is 4. The van der Waals surface area contributed by atoms with Crippen molar-refractivity contribution in [1.29, 1.82) is 0 Å². The number of methoxy groups -OCH3 is 3. The molecule has 0 aliphatic heterocycles. The second-order valence-electron chi connectivity index (χ2n) is 4.58. The van der Waals surface area contributed by atoms with Gasteiger partial charge in [-0.25, -0.2) is 0 Å². The van der Waals surface area contributed by atoms with Gasteiger partial charge in [0.2, 0.25) is 0 Å². The van der Waals surface area contributed by atoms with E-state index in [-0.39, 0.29) is 5.91 Å². The fraction of sp³-hybridized carbons (Fsp3) is 0.400. The SMILES string of the molecule is COCCCNC(=O)c1cc2cc(OC)cc(OC)c2[nH]1. The van der Waals surface area contributed by atoms with E-state index in [1.54, 1.807) is 33.5 Å². The van der Waals surface area contributed by atoms with Gasteiger partial charge in [-0.15, -0.1) is 0 Å². The van der Waals surface area contributed by atoms with E-state index < -0.39 is 0 Å². The van der Waals surface area contributed by atoms with Crippen molar-refractivity contribution < 1.29 is 19.0 Å². The molecule has 1 aromatic heterocycles. The number of amides is 1. The second kappa shape index (κ2) is 6.99. The third kappa shape index (κ3) is 3.46. The van der Waals surface area contributed by atoms with E-state index in [1.807, 2.05) is 6.07 Å². The fourth-order valence-electron chi connectivity index (χ4n) is 2.10. The summed E-state index contributed by atoms with van der Waals surface area (Å²) in [5, 5.41) is 3.71. The van der Waals surface area contributed by atoms with Gasteiger partial charge in [0, 0.05) is 31.7 Å². The summed E-state index contributed by atoms with van der Waals surface area (Å²) in [5.41, 5.74) is 1.27. The Morgan fingerprint density at radius 2 is 2.00 bits per heavy atom. The van der Waals surface area contributed by atoms with E-state index in [0.29, 0.717) is 30.3 Å². The Labute approximate surface area is 123 Å². The second-order valence-corrected chi connectivity index (χ2v) is 4.58. The van der Waals surface area contributed by atoms with Gasteiger partial charge in [-0.1, -0.05) is 0 Å². The standard InChI is InChI=1S/C15H20N2O4/c1-19-6-4-5-16-15(18)12-8-10-7-11(20-2)9-13(21-3)14(10)17-12/h7-9,17H,4-6H2,1-3H3,(H,16,18). The first kappa shape index (κ1) is 15.2. The first-order valence-corrected chi connectivity index (χ1v) is 6.71. The molecule has 2 aromatic rings. The third-order valence-electron chi connectivity index (χ3n) is 3.18. The highest BCUT2D eigenvalue weighted by Gasteiger charge is 2.13. The van der Waals surface area contributed by atoms with Gasteiger partial charge in [0.25, 0.3) is 5.91 Å². The number of fused-ring (bicyclic) bond motifs is 1. The van der Waals surface area contributed by atoms with Crippen LogP contribution in [0.15, 0.2) is 18.2 Å². The summed E-state index contributed by atoms with van der Waals surface area (Å²) in [4.78, 5) is 15.2. The minimum atomic E-state index is -0.150. The van der Waals surface area contributed by atoms with Crippen molar-refractivity contribution in [3.63, 3.8) is 0 Å². The molecule has 0 bridgehead atoms. The summed E-state index contributed by atoms with van der Waals surface area (Å²) in [6.45, 7) is 1.19. The van der Waals surface area contributed by atoms with Crippen LogP contribution in [0.2, 0.25) is 0 Å². The van der Waals surface area contributed by atoms with E-state index in [9.17, 15) is 4.79 Å². The van der Waals surface area contributed by atoms with Crippen molar-refractivity contribution in [1.82, 2.24) is 10.3 Å². The summed E-state index contributed by atoms with van der Waals surface area (Å²) >= 11 is 0. The predicted octanol–water partition coefficient (Wildman–Crippen LogP) is 1.95. The third-order valence-corrected chi connectivity index (χ3v) is 3.18. The average Bonchev–Trinajstić information content (AvgIpc) is 2.94. The summed E-state index contributed by atoms with van der Waals surface area (Å²) in [7, 11) is 4.81. The van der Waals surface area contributed by atoms with Crippen molar-refractivity contribution in [3.05, 3.63) is 23.9 Å². The van der Waals surface area contributed by atoms with Gasteiger partial charge in [-0.05, 0) is 18.6 Å². The Hall–Kier alpha value is -2.21. The number of rotatable bonds is 7. The van der Waals surface area contributed by atoms with Crippen LogP contribution in [0.1, 0.15) is 16.9 Å². The molecule has 114 valence electrons. The molecule has 2 N–H and O–H groups in total. The van der Waals surface area contributed by atoms with Crippen LogP contribution in [0.3, 0.4) is 0 Å². The smallest absolute Gasteiger partial charge is 0.267 e. The molecule has 21 heavy (non-hydrogen) atoms. The van der Waals surface area contributed by atoms with Gasteiger partial charge in [-0.3, -0.25) is 4.79 Å². The first-order chi connectivity index (χ1) is 10.2.